The van der Waals surface area contributed by atoms with Gasteiger partial charge in [0, 0.05) is 5.56 Å². The molecule has 14 heavy (non-hydrogen) atoms. The van der Waals surface area contributed by atoms with Gasteiger partial charge in [0.15, 0.2) is 0 Å². The van der Waals surface area contributed by atoms with Gasteiger partial charge in [-0.1, -0.05) is 30.3 Å². The highest BCUT2D eigenvalue weighted by atomic mass is 17.3. The van der Waals surface area contributed by atoms with E-state index in [0.717, 1.165) is 5.56 Å². The first-order chi connectivity index (χ1) is 6.77. The fraction of sp³-hybridized carbons (Fsp3) is 0.400. The summed E-state index contributed by atoms with van der Waals surface area (Å²) in [4.78, 5) is 9.56. The lowest BCUT2D eigenvalue weighted by atomic mass is 10.2. The molecule has 1 N–H and O–H groups in total. The standard InChI is InChI=1S/C10H12O4/c1-7-9(11)13-14-10(12-7)8-5-3-2-4-6-8/h2-7,9-11H,1H3. The molecule has 0 spiro atoms. The summed E-state index contributed by atoms with van der Waals surface area (Å²) in [6.07, 6.45) is -1.97. The van der Waals surface area contributed by atoms with Crippen LogP contribution < -0.4 is 0 Å². The van der Waals surface area contributed by atoms with Gasteiger partial charge in [0.2, 0.25) is 12.6 Å². The molecule has 4 nitrogen and oxygen atoms in total. The minimum Gasteiger partial charge on any atom is -0.364 e. The van der Waals surface area contributed by atoms with E-state index in [0.29, 0.717) is 0 Å². The van der Waals surface area contributed by atoms with E-state index in [9.17, 15) is 5.11 Å². The van der Waals surface area contributed by atoms with Crippen LogP contribution in [0.1, 0.15) is 18.8 Å². The maximum Gasteiger partial charge on any atom is 0.217 e. The Kier molecular flexibility index (Phi) is 2.79. The summed E-state index contributed by atoms with van der Waals surface area (Å²) < 4.78 is 5.39. The third-order valence-electron chi connectivity index (χ3n) is 2.05. The van der Waals surface area contributed by atoms with E-state index in [1.54, 1.807) is 6.92 Å². The quantitative estimate of drug-likeness (QED) is 0.689. The van der Waals surface area contributed by atoms with Crippen molar-refractivity contribution in [1.82, 2.24) is 0 Å². The van der Waals surface area contributed by atoms with Crippen LogP contribution in [-0.4, -0.2) is 17.5 Å². The summed E-state index contributed by atoms with van der Waals surface area (Å²) in [5.41, 5.74) is 0.867. The van der Waals surface area contributed by atoms with Gasteiger partial charge >= 0.3 is 0 Å². The molecule has 1 aliphatic rings. The number of hydrogen-bond donors (Lipinski definition) is 1. The predicted molar refractivity (Wildman–Crippen MR) is 47.9 cm³/mol. The van der Waals surface area contributed by atoms with Gasteiger partial charge in [-0.3, -0.25) is 0 Å². The molecule has 1 heterocycles. The van der Waals surface area contributed by atoms with E-state index in [1.165, 1.54) is 0 Å². The average Bonchev–Trinajstić information content (AvgIpc) is 2.23. The topological polar surface area (TPSA) is 47.9 Å². The summed E-state index contributed by atoms with van der Waals surface area (Å²) in [5.74, 6) is 0. The Morgan fingerprint density at radius 2 is 1.86 bits per heavy atom. The van der Waals surface area contributed by atoms with E-state index in [1.807, 2.05) is 30.3 Å². The van der Waals surface area contributed by atoms with Gasteiger partial charge in [-0.2, -0.15) is 9.78 Å². The van der Waals surface area contributed by atoms with Gasteiger partial charge in [0.1, 0.15) is 6.10 Å². The van der Waals surface area contributed by atoms with Crippen LogP contribution in [0.3, 0.4) is 0 Å². The molecular formula is C10H12O4. The van der Waals surface area contributed by atoms with Crippen LogP contribution in [0, 0.1) is 0 Å². The fourth-order valence-electron chi connectivity index (χ4n) is 1.21. The Bertz CT molecular complexity index is 287. The monoisotopic (exact) mass is 196 g/mol. The van der Waals surface area contributed by atoms with Crippen molar-refractivity contribution < 1.29 is 19.6 Å². The Labute approximate surface area is 81.9 Å². The molecule has 1 saturated heterocycles. The average molecular weight is 196 g/mol. The minimum atomic E-state index is -1.02. The van der Waals surface area contributed by atoms with Gasteiger partial charge in [0.05, 0.1) is 0 Å². The van der Waals surface area contributed by atoms with E-state index < -0.39 is 18.7 Å². The van der Waals surface area contributed by atoms with Crippen molar-refractivity contribution in [2.24, 2.45) is 0 Å². The number of aliphatic hydroxyl groups excluding tert-OH is 1. The highest BCUT2D eigenvalue weighted by Crippen LogP contribution is 2.26. The highest BCUT2D eigenvalue weighted by Gasteiger charge is 2.29. The molecule has 76 valence electrons. The Hall–Kier alpha value is -0.940. The largest absolute Gasteiger partial charge is 0.364 e. The zero-order valence-corrected chi connectivity index (χ0v) is 7.79. The molecule has 2 rings (SSSR count). The number of rotatable bonds is 1. The van der Waals surface area contributed by atoms with E-state index in [4.69, 9.17) is 9.62 Å². The van der Waals surface area contributed by atoms with E-state index in [2.05, 4.69) is 4.89 Å². The zero-order chi connectivity index (χ0) is 9.97. The molecule has 1 aromatic carbocycles. The van der Waals surface area contributed by atoms with Crippen LogP contribution in [0.4, 0.5) is 0 Å². The third kappa shape index (κ3) is 1.93. The molecular weight excluding hydrogens is 184 g/mol. The molecule has 3 unspecified atom stereocenters. The van der Waals surface area contributed by atoms with Crippen LogP contribution in [0.2, 0.25) is 0 Å². The molecule has 0 aliphatic carbocycles. The Morgan fingerprint density at radius 3 is 2.50 bits per heavy atom. The number of hydrogen-bond acceptors (Lipinski definition) is 4. The molecule has 0 bridgehead atoms. The van der Waals surface area contributed by atoms with Crippen molar-refractivity contribution in [1.29, 1.82) is 0 Å². The fourth-order valence-corrected chi connectivity index (χ4v) is 1.21. The van der Waals surface area contributed by atoms with E-state index >= 15 is 0 Å². The van der Waals surface area contributed by atoms with Gasteiger partial charge in [-0.05, 0) is 6.92 Å². The molecule has 0 aromatic heterocycles. The molecule has 3 atom stereocenters. The smallest absolute Gasteiger partial charge is 0.217 e. The van der Waals surface area contributed by atoms with Gasteiger partial charge in [-0.15, -0.1) is 0 Å². The Balaban J connectivity index is 2.07. The van der Waals surface area contributed by atoms with Crippen molar-refractivity contribution in [2.75, 3.05) is 0 Å². The number of aliphatic hydroxyl groups is 1. The lowest BCUT2D eigenvalue weighted by Crippen LogP contribution is -2.36. The summed E-state index contributed by atoms with van der Waals surface area (Å²) >= 11 is 0. The van der Waals surface area contributed by atoms with Crippen molar-refractivity contribution in [3.8, 4) is 0 Å². The molecule has 0 saturated carbocycles. The van der Waals surface area contributed by atoms with Crippen LogP contribution in [0.15, 0.2) is 30.3 Å². The van der Waals surface area contributed by atoms with Crippen molar-refractivity contribution in [3.05, 3.63) is 35.9 Å². The molecule has 1 fully saturated rings. The van der Waals surface area contributed by atoms with Crippen LogP contribution in [0.5, 0.6) is 0 Å². The predicted octanol–water partition coefficient (Wildman–Crippen LogP) is 1.37. The van der Waals surface area contributed by atoms with Crippen molar-refractivity contribution >= 4 is 0 Å². The third-order valence-corrected chi connectivity index (χ3v) is 2.05. The van der Waals surface area contributed by atoms with Crippen LogP contribution in [0.25, 0.3) is 0 Å². The summed E-state index contributed by atoms with van der Waals surface area (Å²) in [6.45, 7) is 1.73. The molecule has 4 heteroatoms. The molecule has 1 aromatic rings. The summed E-state index contributed by atoms with van der Waals surface area (Å²) in [7, 11) is 0. The first-order valence-electron chi connectivity index (χ1n) is 4.48. The number of benzene rings is 1. The highest BCUT2D eigenvalue weighted by molar-refractivity contribution is 5.15. The zero-order valence-electron chi connectivity index (χ0n) is 7.79. The maximum absolute atomic E-state index is 9.17. The SMILES string of the molecule is CC1OC(c2ccccc2)OOC1O. The van der Waals surface area contributed by atoms with Crippen LogP contribution in [-0.2, 0) is 14.5 Å². The normalized spacial score (nSPS) is 32.9. The number of ether oxygens (including phenoxy) is 1. The van der Waals surface area contributed by atoms with Crippen molar-refractivity contribution in [2.45, 2.75) is 25.6 Å². The second-order valence-electron chi connectivity index (χ2n) is 3.17. The lowest BCUT2D eigenvalue weighted by Gasteiger charge is -2.30. The lowest BCUT2D eigenvalue weighted by molar-refractivity contribution is -0.493. The summed E-state index contributed by atoms with van der Waals surface area (Å²) in [5, 5.41) is 9.17. The second-order valence-corrected chi connectivity index (χ2v) is 3.17. The maximum atomic E-state index is 9.17. The second kappa shape index (κ2) is 4.06. The summed E-state index contributed by atoms with van der Waals surface area (Å²) in [6, 6.07) is 9.43. The van der Waals surface area contributed by atoms with E-state index in [-0.39, 0.29) is 0 Å². The first kappa shape index (κ1) is 9.61. The molecule has 0 amide bonds. The molecule has 0 radical (unpaired) electrons. The van der Waals surface area contributed by atoms with Gasteiger partial charge < -0.3 is 9.84 Å². The minimum absolute atomic E-state index is 0.394. The molecule has 1 aliphatic heterocycles. The Morgan fingerprint density at radius 1 is 1.14 bits per heavy atom. The van der Waals surface area contributed by atoms with Gasteiger partial charge in [-0.25, -0.2) is 0 Å². The van der Waals surface area contributed by atoms with Crippen LogP contribution >= 0.6 is 0 Å². The van der Waals surface area contributed by atoms with Gasteiger partial charge in [0.25, 0.3) is 0 Å². The van der Waals surface area contributed by atoms with Crippen molar-refractivity contribution in [3.63, 3.8) is 0 Å². The first-order valence-corrected chi connectivity index (χ1v) is 4.48.